The predicted molar refractivity (Wildman–Crippen MR) is 87.1 cm³/mol. The van der Waals surface area contributed by atoms with Crippen molar-refractivity contribution >= 4 is 44.3 Å². The summed E-state index contributed by atoms with van der Waals surface area (Å²) in [6.07, 6.45) is 0. The molecular weight excluding hydrogens is 300 g/mol. The van der Waals surface area contributed by atoms with Crippen LogP contribution in [0.1, 0.15) is 11.5 Å². The Morgan fingerprint density at radius 2 is 1.95 bits per heavy atom. The summed E-state index contributed by atoms with van der Waals surface area (Å²) in [7, 11) is 0. The fraction of sp³-hybridized carbons (Fsp3) is 0.133. The van der Waals surface area contributed by atoms with E-state index in [-0.39, 0.29) is 0 Å². The van der Waals surface area contributed by atoms with Crippen molar-refractivity contribution in [1.29, 1.82) is 0 Å². The van der Waals surface area contributed by atoms with Crippen molar-refractivity contribution in [3.05, 3.63) is 41.9 Å². The van der Waals surface area contributed by atoms with E-state index in [2.05, 4.69) is 32.1 Å². The molecule has 0 aliphatic heterocycles. The third-order valence-corrected chi connectivity index (χ3v) is 5.26. The summed E-state index contributed by atoms with van der Waals surface area (Å²) in [4.78, 5) is 17.0. The fourth-order valence-corrected chi connectivity index (χ4v) is 4.40. The molecule has 1 aromatic carbocycles. The second kappa shape index (κ2) is 4.82. The zero-order chi connectivity index (χ0) is 14.4. The monoisotopic (exact) mass is 312 g/mol. The topological polar surface area (TPSA) is 54.5 Å². The number of aromatic amines is 1. The van der Waals surface area contributed by atoms with E-state index in [9.17, 15) is 0 Å². The van der Waals surface area contributed by atoms with Gasteiger partial charge in [-0.05, 0) is 43.8 Å². The number of hydrogen-bond acceptors (Lipinski definition) is 5. The Kier molecular flexibility index (Phi) is 2.94. The molecular formula is C15H12N4S2. The third-order valence-electron chi connectivity index (χ3n) is 3.16. The number of fused-ring (bicyclic) bond motifs is 2. The summed E-state index contributed by atoms with van der Waals surface area (Å²) in [5.41, 5.74) is 3.02. The van der Waals surface area contributed by atoms with Crippen molar-refractivity contribution in [3.8, 4) is 0 Å². The van der Waals surface area contributed by atoms with E-state index < -0.39 is 0 Å². The molecule has 0 spiro atoms. The van der Waals surface area contributed by atoms with Gasteiger partial charge in [0.05, 0.1) is 15.6 Å². The highest BCUT2D eigenvalue weighted by molar-refractivity contribution is 8.01. The molecule has 0 unspecified atom stereocenters. The van der Waals surface area contributed by atoms with Gasteiger partial charge in [-0.15, -0.1) is 11.3 Å². The molecule has 6 heteroatoms. The largest absolute Gasteiger partial charge is 0.343 e. The van der Waals surface area contributed by atoms with Gasteiger partial charge in [0, 0.05) is 5.69 Å². The van der Waals surface area contributed by atoms with Gasteiger partial charge >= 0.3 is 0 Å². The Hall–Kier alpha value is -1.92. The van der Waals surface area contributed by atoms with E-state index in [4.69, 9.17) is 0 Å². The van der Waals surface area contributed by atoms with Gasteiger partial charge in [-0.2, -0.15) is 0 Å². The quantitative estimate of drug-likeness (QED) is 0.560. The lowest BCUT2D eigenvalue weighted by atomic mass is 10.3. The highest BCUT2D eigenvalue weighted by Gasteiger charge is 2.12. The van der Waals surface area contributed by atoms with Crippen LogP contribution in [0.4, 0.5) is 0 Å². The van der Waals surface area contributed by atoms with Crippen LogP contribution in [0.25, 0.3) is 21.3 Å². The molecule has 4 nitrogen and oxygen atoms in total. The lowest BCUT2D eigenvalue weighted by Gasteiger charge is -2.00. The SMILES string of the molecule is Cc1nc(Sc2nc3ccccc3s2)c2cc(C)[nH]c2n1. The first-order valence-corrected chi connectivity index (χ1v) is 8.20. The second-order valence-corrected chi connectivity index (χ2v) is 7.11. The van der Waals surface area contributed by atoms with E-state index in [1.165, 1.54) is 4.70 Å². The smallest absolute Gasteiger partial charge is 0.157 e. The number of rotatable bonds is 2. The van der Waals surface area contributed by atoms with E-state index in [1.54, 1.807) is 23.1 Å². The third kappa shape index (κ3) is 2.30. The lowest BCUT2D eigenvalue weighted by molar-refractivity contribution is 1.00. The summed E-state index contributed by atoms with van der Waals surface area (Å²) in [5.74, 6) is 0.771. The van der Waals surface area contributed by atoms with E-state index >= 15 is 0 Å². The summed E-state index contributed by atoms with van der Waals surface area (Å²) in [6, 6.07) is 10.3. The Labute approximate surface area is 129 Å². The van der Waals surface area contributed by atoms with Gasteiger partial charge in [0.25, 0.3) is 0 Å². The first kappa shape index (κ1) is 12.8. The number of hydrogen-bond donors (Lipinski definition) is 1. The van der Waals surface area contributed by atoms with Gasteiger partial charge in [0.1, 0.15) is 16.5 Å². The Morgan fingerprint density at radius 3 is 2.81 bits per heavy atom. The molecule has 0 saturated heterocycles. The number of benzene rings is 1. The Balaban J connectivity index is 1.82. The maximum Gasteiger partial charge on any atom is 0.157 e. The van der Waals surface area contributed by atoms with Crippen molar-refractivity contribution in [1.82, 2.24) is 19.9 Å². The zero-order valence-corrected chi connectivity index (χ0v) is 13.2. The molecule has 0 fully saturated rings. The molecule has 104 valence electrons. The predicted octanol–water partition coefficient (Wildman–Crippen LogP) is 4.34. The van der Waals surface area contributed by atoms with Crippen molar-refractivity contribution in [2.45, 2.75) is 23.2 Å². The number of nitrogens with zero attached hydrogens (tertiary/aromatic N) is 3. The summed E-state index contributed by atoms with van der Waals surface area (Å²) >= 11 is 3.30. The molecule has 0 radical (unpaired) electrons. The number of para-hydroxylation sites is 1. The van der Waals surface area contributed by atoms with Gasteiger partial charge < -0.3 is 4.98 Å². The molecule has 4 rings (SSSR count). The van der Waals surface area contributed by atoms with Crippen molar-refractivity contribution in [2.75, 3.05) is 0 Å². The summed E-state index contributed by atoms with van der Waals surface area (Å²) in [5, 5.41) is 2.02. The van der Waals surface area contributed by atoms with Crippen molar-refractivity contribution < 1.29 is 0 Å². The molecule has 1 N–H and O–H groups in total. The van der Waals surface area contributed by atoms with Crippen molar-refractivity contribution in [3.63, 3.8) is 0 Å². The molecule has 0 aliphatic rings. The van der Waals surface area contributed by atoms with Gasteiger partial charge in [0.2, 0.25) is 0 Å². The molecule has 0 bridgehead atoms. The molecule has 3 aromatic heterocycles. The number of thiazole rings is 1. The molecule has 0 amide bonds. The highest BCUT2D eigenvalue weighted by atomic mass is 32.2. The van der Waals surface area contributed by atoms with E-state index in [0.29, 0.717) is 0 Å². The van der Waals surface area contributed by atoms with Crippen LogP contribution in [-0.4, -0.2) is 19.9 Å². The summed E-state index contributed by atoms with van der Waals surface area (Å²) in [6.45, 7) is 3.95. The number of H-pyrrole nitrogens is 1. The van der Waals surface area contributed by atoms with Crippen molar-refractivity contribution in [2.24, 2.45) is 0 Å². The average Bonchev–Trinajstić information content (AvgIpc) is 3.00. The minimum absolute atomic E-state index is 0.771. The van der Waals surface area contributed by atoms with Gasteiger partial charge in [0.15, 0.2) is 4.34 Å². The van der Waals surface area contributed by atoms with Crippen LogP contribution in [0.3, 0.4) is 0 Å². The number of aromatic nitrogens is 4. The molecule has 4 aromatic rings. The minimum Gasteiger partial charge on any atom is -0.343 e. The standard InChI is InChI=1S/C15H12N4S2/c1-8-7-10-13(16-8)17-9(2)18-14(10)21-15-19-11-5-3-4-6-12(11)20-15/h3-7H,1-2H3,(H,16,17,18). The zero-order valence-electron chi connectivity index (χ0n) is 11.5. The second-order valence-electron chi connectivity index (χ2n) is 4.84. The van der Waals surface area contributed by atoms with Crippen LogP contribution in [0.15, 0.2) is 39.7 Å². The van der Waals surface area contributed by atoms with Crippen LogP contribution >= 0.6 is 23.1 Å². The molecule has 0 saturated carbocycles. The molecule has 0 atom stereocenters. The van der Waals surface area contributed by atoms with Gasteiger partial charge in [-0.1, -0.05) is 12.1 Å². The lowest BCUT2D eigenvalue weighted by Crippen LogP contribution is -1.91. The maximum absolute atomic E-state index is 4.66. The summed E-state index contributed by atoms with van der Waals surface area (Å²) < 4.78 is 2.21. The number of nitrogens with one attached hydrogen (secondary N) is 1. The van der Waals surface area contributed by atoms with Gasteiger partial charge in [-0.25, -0.2) is 15.0 Å². The number of aryl methyl sites for hydroxylation is 2. The first-order valence-electron chi connectivity index (χ1n) is 6.56. The highest BCUT2D eigenvalue weighted by Crippen LogP contribution is 2.36. The van der Waals surface area contributed by atoms with Gasteiger partial charge in [-0.3, -0.25) is 0 Å². The van der Waals surface area contributed by atoms with E-state index in [0.717, 1.165) is 37.4 Å². The van der Waals surface area contributed by atoms with Crippen LogP contribution in [0.2, 0.25) is 0 Å². The average molecular weight is 312 g/mol. The first-order chi connectivity index (χ1) is 10.2. The van der Waals surface area contributed by atoms with E-state index in [1.807, 2.05) is 32.0 Å². The minimum atomic E-state index is 0.771. The van der Waals surface area contributed by atoms with Crippen LogP contribution in [0.5, 0.6) is 0 Å². The van der Waals surface area contributed by atoms with Crippen LogP contribution in [0, 0.1) is 13.8 Å². The molecule has 0 aliphatic carbocycles. The Morgan fingerprint density at radius 1 is 1.10 bits per heavy atom. The molecule has 21 heavy (non-hydrogen) atoms. The fourth-order valence-electron chi connectivity index (χ4n) is 2.28. The van der Waals surface area contributed by atoms with Crippen LogP contribution in [-0.2, 0) is 0 Å². The Bertz CT molecular complexity index is 922. The normalized spacial score (nSPS) is 11.5. The maximum atomic E-state index is 4.66. The molecule has 3 heterocycles. The van der Waals surface area contributed by atoms with Crippen LogP contribution < -0.4 is 0 Å².